The maximum atomic E-state index is 12.4. The smallest absolute Gasteiger partial charge is 0.313 e. The number of hydrogen-bond donors (Lipinski definition) is 3. The van der Waals surface area contributed by atoms with Crippen LogP contribution in [-0.4, -0.2) is 24.3 Å². The van der Waals surface area contributed by atoms with Gasteiger partial charge in [-0.1, -0.05) is 17.7 Å². The second-order valence-corrected chi connectivity index (χ2v) is 7.39. The normalized spacial score (nSPS) is 10.7. The fourth-order valence-electron chi connectivity index (χ4n) is 2.93. The van der Waals surface area contributed by atoms with Crippen LogP contribution in [0.3, 0.4) is 0 Å². The number of nitrogens with one attached hydrogen (secondary N) is 3. The third-order valence-corrected chi connectivity index (χ3v) is 4.70. The van der Waals surface area contributed by atoms with Gasteiger partial charge in [0, 0.05) is 17.5 Å². The minimum Gasteiger partial charge on any atom is -0.494 e. The first-order chi connectivity index (χ1) is 16.9. The first-order valence-corrected chi connectivity index (χ1v) is 10.8. The van der Waals surface area contributed by atoms with Crippen molar-refractivity contribution < 1.29 is 23.5 Å². The highest BCUT2D eigenvalue weighted by atomic mass is 16.5. The van der Waals surface area contributed by atoms with Crippen molar-refractivity contribution in [3.63, 3.8) is 0 Å². The van der Waals surface area contributed by atoms with Crippen LogP contribution in [0.4, 0.5) is 11.4 Å². The van der Waals surface area contributed by atoms with E-state index >= 15 is 0 Å². The number of benzene rings is 2. The Morgan fingerprint density at radius 1 is 0.914 bits per heavy atom. The van der Waals surface area contributed by atoms with Crippen molar-refractivity contribution in [2.75, 3.05) is 17.2 Å². The van der Waals surface area contributed by atoms with Crippen LogP contribution in [0.5, 0.6) is 5.75 Å². The van der Waals surface area contributed by atoms with E-state index in [-0.39, 0.29) is 17.9 Å². The summed E-state index contributed by atoms with van der Waals surface area (Å²) in [5, 5.41) is 17.0. The van der Waals surface area contributed by atoms with E-state index in [9.17, 15) is 19.6 Å². The monoisotopic (exact) mass is 472 g/mol. The maximum Gasteiger partial charge on any atom is 0.313 e. The van der Waals surface area contributed by atoms with Gasteiger partial charge in [0.2, 0.25) is 0 Å². The molecule has 3 rings (SSSR count). The number of nitriles is 1. The number of rotatable bonds is 8. The Kier molecular flexibility index (Phi) is 8.40. The summed E-state index contributed by atoms with van der Waals surface area (Å²) in [6, 6.07) is 18.8. The molecule has 178 valence electrons. The van der Waals surface area contributed by atoms with Gasteiger partial charge in [0.25, 0.3) is 5.91 Å². The fraction of sp³-hybridized carbons (Fsp3) is 0.154. The van der Waals surface area contributed by atoms with E-state index in [1.54, 1.807) is 48.5 Å². The van der Waals surface area contributed by atoms with E-state index in [1.165, 1.54) is 6.08 Å². The number of carbonyl (C=O) groups is 3. The van der Waals surface area contributed by atoms with Gasteiger partial charge in [-0.05, 0) is 62.4 Å². The average Bonchev–Trinajstić information content (AvgIpc) is 3.31. The molecule has 9 nitrogen and oxygen atoms in total. The molecule has 1 heterocycles. The van der Waals surface area contributed by atoms with Crippen molar-refractivity contribution in [2.24, 2.45) is 0 Å². The maximum absolute atomic E-state index is 12.4. The van der Waals surface area contributed by atoms with Crippen molar-refractivity contribution in [3.05, 3.63) is 83.3 Å². The molecule has 0 aliphatic heterocycles. The third-order valence-electron chi connectivity index (χ3n) is 4.70. The Labute approximate surface area is 202 Å². The van der Waals surface area contributed by atoms with Crippen molar-refractivity contribution in [3.8, 4) is 11.8 Å². The van der Waals surface area contributed by atoms with Gasteiger partial charge in [-0.2, -0.15) is 5.26 Å². The average molecular weight is 473 g/mol. The van der Waals surface area contributed by atoms with Gasteiger partial charge in [0.1, 0.15) is 28.9 Å². The van der Waals surface area contributed by atoms with Gasteiger partial charge >= 0.3 is 11.8 Å². The fourth-order valence-corrected chi connectivity index (χ4v) is 2.93. The SMILES string of the molecule is CCOc1ccc(NC(=O)/C(C#N)=C\c2ccc(CNC(=O)C(=O)Nc3ccc(C)cc3)o2)cc1. The largest absolute Gasteiger partial charge is 0.494 e. The summed E-state index contributed by atoms with van der Waals surface area (Å²) in [4.78, 5) is 36.5. The van der Waals surface area contributed by atoms with Crippen LogP contribution in [0.15, 0.2) is 70.7 Å². The van der Waals surface area contributed by atoms with E-state index in [0.29, 0.717) is 29.5 Å². The molecule has 0 aliphatic carbocycles. The first kappa shape index (κ1) is 24.8. The van der Waals surface area contributed by atoms with Crippen molar-refractivity contribution in [2.45, 2.75) is 20.4 Å². The molecule has 2 aromatic carbocycles. The van der Waals surface area contributed by atoms with Gasteiger partial charge in [-0.15, -0.1) is 0 Å². The lowest BCUT2D eigenvalue weighted by atomic mass is 10.2. The summed E-state index contributed by atoms with van der Waals surface area (Å²) >= 11 is 0. The van der Waals surface area contributed by atoms with Gasteiger partial charge in [-0.3, -0.25) is 14.4 Å². The van der Waals surface area contributed by atoms with Crippen LogP contribution in [-0.2, 0) is 20.9 Å². The van der Waals surface area contributed by atoms with Gasteiger partial charge < -0.3 is 25.1 Å². The second kappa shape index (κ2) is 11.9. The highest BCUT2D eigenvalue weighted by Gasteiger charge is 2.15. The Hall–Kier alpha value is -4.84. The zero-order chi connectivity index (χ0) is 25.2. The number of ether oxygens (including phenoxy) is 1. The first-order valence-electron chi connectivity index (χ1n) is 10.8. The number of amides is 3. The standard InChI is InChI=1S/C26H24N4O5/c1-3-34-21-10-8-20(9-11-21)29-24(31)18(15-27)14-22-12-13-23(35-22)16-28-25(32)26(33)30-19-6-4-17(2)5-7-19/h4-14H,3,16H2,1-2H3,(H,28,32)(H,29,31)(H,30,33)/b18-14-. The molecule has 3 aromatic rings. The van der Waals surface area contributed by atoms with E-state index < -0.39 is 17.7 Å². The third kappa shape index (κ3) is 7.33. The number of furan rings is 1. The molecule has 0 aliphatic rings. The number of nitrogens with zero attached hydrogens (tertiary/aromatic N) is 1. The summed E-state index contributed by atoms with van der Waals surface area (Å²) < 4.78 is 10.9. The molecule has 0 atom stereocenters. The number of aryl methyl sites for hydroxylation is 1. The summed E-state index contributed by atoms with van der Waals surface area (Å²) in [5.74, 6) is -0.974. The van der Waals surface area contributed by atoms with Crippen LogP contribution in [0, 0.1) is 18.3 Å². The van der Waals surface area contributed by atoms with Crippen molar-refractivity contribution in [1.82, 2.24) is 5.32 Å². The lowest BCUT2D eigenvalue weighted by Crippen LogP contribution is -2.34. The van der Waals surface area contributed by atoms with Crippen molar-refractivity contribution >= 4 is 35.2 Å². The van der Waals surface area contributed by atoms with Gasteiger partial charge in [-0.25, -0.2) is 0 Å². The minimum absolute atomic E-state index is 0.0474. The van der Waals surface area contributed by atoms with Crippen LogP contribution in [0.25, 0.3) is 6.08 Å². The lowest BCUT2D eigenvalue weighted by Gasteiger charge is -2.06. The van der Waals surface area contributed by atoms with E-state index in [4.69, 9.17) is 9.15 Å². The Balaban J connectivity index is 1.55. The topological polar surface area (TPSA) is 133 Å². The number of hydrogen-bond acceptors (Lipinski definition) is 6. The van der Waals surface area contributed by atoms with Crippen molar-refractivity contribution in [1.29, 1.82) is 5.26 Å². The second-order valence-electron chi connectivity index (χ2n) is 7.39. The Morgan fingerprint density at radius 3 is 2.17 bits per heavy atom. The molecular formula is C26H24N4O5. The molecule has 0 unspecified atom stereocenters. The van der Waals surface area contributed by atoms with Gasteiger partial charge in [0.15, 0.2) is 0 Å². The van der Waals surface area contributed by atoms with E-state index in [1.807, 2.05) is 32.0 Å². The summed E-state index contributed by atoms with van der Waals surface area (Å²) in [6.45, 7) is 4.27. The molecule has 0 saturated carbocycles. The molecule has 0 fully saturated rings. The zero-order valence-electron chi connectivity index (χ0n) is 19.3. The molecule has 0 bridgehead atoms. The van der Waals surface area contributed by atoms with E-state index in [2.05, 4.69) is 16.0 Å². The molecule has 35 heavy (non-hydrogen) atoms. The Bertz CT molecular complexity index is 1270. The molecule has 0 radical (unpaired) electrons. The zero-order valence-corrected chi connectivity index (χ0v) is 19.3. The van der Waals surface area contributed by atoms with Crippen LogP contribution >= 0.6 is 0 Å². The quantitative estimate of drug-likeness (QED) is 0.260. The number of anilines is 2. The molecule has 9 heteroatoms. The highest BCUT2D eigenvalue weighted by molar-refractivity contribution is 6.39. The predicted octanol–water partition coefficient (Wildman–Crippen LogP) is 3.79. The lowest BCUT2D eigenvalue weighted by molar-refractivity contribution is -0.136. The predicted molar refractivity (Wildman–Crippen MR) is 130 cm³/mol. The van der Waals surface area contributed by atoms with E-state index in [0.717, 1.165) is 5.56 Å². The summed E-state index contributed by atoms with van der Waals surface area (Å²) in [7, 11) is 0. The van der Waals surface area contributed by atoms with Gasteiger partial charge in [0.05, 0.1) is 13.2 Å². The van der Waals surface area contributed by atoms with Crippen LogP contribution in [0.1, 0.15) is 24.0 Å². The molecule has 3 amide bonds. The molecule has 0 spiro atoms. The number of carbonyl (C=O) groups excluding carboxylic acids is 3. The van der Waals surface area contributed by atoms with Crippen LogP contribution < -0.4 is 20.7 Å². The Morgan fingerprint density at radius 2 is 1.54 bits per heavy atom. The molecular weight excluding hydrogens is 448 g/mol. The highest BCUT2D eigenvalue weighted by Crippen LogP contribution is 2.17. The molecule has 0 saturated heterocycles. The summed E-state index contributed by atoms with van der Waals surface area (Å²) in [5.41, 5.74) is 1.88. The molecule has 1 aromatic heterocycles. The van der Waals surface area contributed by atoms with Crippen LogP contribution in [0.2, 0.25) is 0 Å². The summed E-state index contributed by atoms with van der Waals surface area (Å²) in [6.07, 6.45) is 1.29. The molecule has 3 N–H and O–H groups in total. The minimum atomic E-state index is -0.827.